The van der Waals surface area contributed by atoms with Crippen molar-refractivity contribution in [1.29, 1.82) is 5.41 Å². The zero-order chi connectivity index (χ0) is 27.2. The first kappa shape index (κ1) is 27.9. The lowest BCUT2D eigenvalue weighted by molar-refractivity contribution is -0.145. The van der Waals surface area contributed by atoms with Gasteiger partial charge in [-0.3, -0.25) is 10.2 Å². The van der Waals surface area contributed by atoms with Crippen molar-refractivity contribution in [2.75, 3.05) is 25.0 Å². The Morgan fingerprint density at radius 2 is 1.86 bits per heavy atom. The number of alkyl halides is 5. The second-order valence-electron chi connectivity index (χ2n) is 8.67. The van der Waals surface area contributed by atoms with Gasteiger partial charge in [-0.1, -0.05) is 13.8 Å². The van der Waals surface area contributed by atoms with Gasteiger partial charge in [0.2, 0.25) is 5.95 Å². The maximum atomic E-state index is 14.5. The summed E-state index contributed by atoms with van der Waals surface area (Å²) >= 11 is 0. The highest BCUT2D eigenvalue weighted by Gasteiger charge is 2.47. The average Bonchev–Trinajstić information content (AvgIpc) is 2.85. The van der Waals surface area contributed by atoms with E-state index in [-0.39, 0.29) is 23.9 Å². The van der Waals surface area contributed by atoms with E-state index in [0.29, 0.717) is 18.9 Å². The minimum absolute atomic E-state index is 0.0402. The number of amides is 1. The SMILES string of the molecule is CCCN/C=C(\C(=N)C(=O)N1CC(F)(F)C[C@@H](C)C1CNc1ncc(C(F)(F)F)cn1)c1ncccn1. The Balaban J connectivity index is 1.84. The molecule has 0 radical (unpaired) electrons. The summed E-state index contributed by atoms with van der Waals surface area (Å²) in [6.07, 6.45) is 1.13. The number of anilines is 1. The van der Waals surface area contributed by atoms with Crippen LogP contribution in [0.4, 0.5) is 27.9 Å². The van der Waals surface area contributed by atoms with Gasteiger partial charge < -0.3 is 15.5 Å². The first-order valence-electron chi connectivity index (χ1n) is 11.5. The number of rotatable bonds is 9. The van der Waals surface area contributed by atoms with Gasteiger partial charge in [0, 0.05) is 50.5 Å². The Morgan fingerprint density at radius 1 is 1.22 bits per heavy atom. The van der Waals surface area contributed by atoms with Crippen molar-refractivity contribution in [1.82, 2.24) is 30.2 Å². The molecule has 14 heteroatoms. The maximum absolute atomic E-state index is 14.5. The third kappa shape index (κ3) is 7.17. The largest absolute Gasteiger partial charge is 0.419 e. The van der Waals surface area contributed by atoms with E-state index in [1.165, 1.54) is 25.5 Å². The van der Waals surface area contributed by atoms with E-state index >= 15 is 0 Å². The Bertz CT molecular complexity index is 1110. The number of halogens is 5. The molecule has 9 nitrogen and oxygen atoms in total. The van der Waals surface area contributed by atoms with Crippen molar-refractivity contribution in [3.63, 3.8) is 0 Å². The van der Waals surface area contributed by atoms with Crippen molar-refractivity contribution in [3.8, 4) is 0 Å². The van der Waals surface area contributed by atoms with Gasteiger partial charge in [-0.2, -0.15) is 13.2 Å². The van der Waals surface area contributed by atoms with Crippen LogP contribution in [0.1, 0.15) is 38.1 Å². The van der Waals surface area contributed by atoms with Crippen LogP contribution in [0.25, 0.3) is 5.57 Å². The lowest BCUT2D eigenvalue weighted by Gasteiger charge is -2.43. The molecule has 1 saturated heterocycles. The molecule has 0 saturated carbocycles. The number of hydrogen-bond donors (Lipinski definition) is 3. The molecule has 200 valence electrons. The van der Waals surface area contributed by atoms with Gasteiger partial charge >= 0.3 is 6.18 Å². The van der Waals surface area contributed by atoms with Crippen molar-refractivity contribution in [2.24, 2.45) is 5.92 Å². The number of carbonyl (C=O) groups is 1. The normalized spacial score (nSPS) is 19.9. The third-order valence-electron chi connectivity index (χ3n) is 5.72. The van der Waals surface area contributed by atoms with E-state index in [1.807, 2.05) is 6.92 Å². The monoisotopic (exact) mass is 526 g/mol. The highest BCUT2D eigenvalue weighted by Crippen LogP contribution is 2.35. The van der Waals surface area contributed by atoms with Crippen LogP contribution in [0.15, 0.2) is 37.1 Å². The van der Waals surface area contributed by atoms with Crippen molar-refractivity contribution >= 4 is 23.1 Å². The predicted molar refractivity (Wildman–Crippen MR) is 126 cm³/mol. The molecule has 0 aromatic carbocycles. The molecule has 1 aliphatic rings. The van der Waals surface area contributed by atoms with Crippen molar-refractivity contribution < 1.29 is 26.7 Å². The molecule has 0 aliphatic carbocycles. The van der Waals surface area contributed by atoms with Gasteiger partial charge in [0.05, 0.1) is 23.7 Å². The van der Waals surface area contributed by atoms with Gasteiger partial charge in [-0.25, -0.2) is 28.7 Å². The number of hydrogen-bond acceptors (Lipinski definition) is 8. The molecule has 3 N–H and O–H groups in total. The Hall–Kier alpha value is -3.71. The summed E-state index contributed by atoms with van der Waals surface area (Å²) in [7, 11) is 0. The third-order valence-corrected chi connectivity index (χ3v) is 5.72. The van der Waals surface area contributed by atoms with E-state index in [2.05, 4.69) is 30.6 Å². The molecule has 3 heterocycles. The first-order chi connectivity index (χ1) is 17.4. The summed E-state index contributed by atoms with van der Waals surface area (Å²) in [5.74, 6) is -4.93. The molecule has 1 fully saturated rings. The van der Waals surface area contributed by atoms with E-state index < -0.39 is 54.2 Å². The molecule has 2 aromatic heterocycles. The van der Waals surface area contributed by atoms with Crippen LogP contribution in [0.2, 0.25) is 0 Å². The molecule has 1 aliphatic heterocycles. The Kier molecular flexibility index (Phi) is 8.71. The Labute approximate surface area is 210 Å². The fourth-order valence-corrected chi connectivity index (χ4v) is 3.90. The van der Waals surface area contributed by atoms with Gasteiger partial charge in [-0.05, 0) is 18.4 Å². The number of piperidine rings is 1. The smallest absolute Gasteiger partial charge is 0.390 e. The number of likely N-dealkylation sites (tertiary alicyclic amines) is 1. The maximum Gasteiger partial charge on any atom is 0.419 e. The van der Waals surface area contributed by atoms with Crippen molar-refractivity contribution in [3.05, 3.63) is 48.4 Å². The molecule has 2 atom stereocenters. The predicted octanol–water partition coefficient (Wildman–Crippen LogP) is 3.63. The number of nitrogens with zero attached hydrogens (tertiary/aromatic N) is 5. The molecule has 2 aromatic rings. The summed E-state index contributed by atoms with van der Waals surface area (Å²) in [5.41, 5.74) is -1.57. The van der Waals surface area contributed by atoms with Crippen LogP contribution < -0.4 is 10.6 Å². The molecular formula is C23H27F5N8O. The minimum Gasteiger partial charge on any atom is -0.390 e. The summed E-state index contributed by atoms with van der Waals surface area (Å²) in [6, 6.07) is 0.740. The first-order valence-corrected chi connectivity index (χ1v) is 11.5. The van der Waals surface area contributed by atoms with Crippen molar-refractivity contribution in [2.45, 2.75) is 44.8 Å². The van der Waals surface area contributed by atoms with E-state index in [9.17, 15) is 26.7 Å². The highest BCUT2D eigenvalue weighted by atomic mass is 19.4. The summed E-state index contributed by atoms with van der Waals surface area (Å²) in [6.45, 7) is 2.96. The minimum atomic E-state index is -4.61. The van der Waals surface area contributed by atoms with Crippen LogP contribution in [0, 0.1) is 11.3 Å². The van der Waals surface area contributed by atoms with E-state index in [4.69, 9.17) is 5.41 Å². The summed E-state index contributed by atoms with van der Waals surface area (Å²) in [5, 5.41) is 14.2. The Morgan fingerprint density at radius 3 is 2.46 bits per heavy atom. The number of aromatic nitrogens is 4. The van der Waals surface area contributed by atoms with Gasteiger partial charge in [-0.15, -0.1) is 0 Å². The second kappa shape index (κ2) is 11.6. The molecule has 3 rings (SSSR count). The number of carbonyl (C=O) groups excluding carboxylic acids is 1. The van der Waals surface area contributed by atoms with Crippen LogP contribution >= 0.6 is 0 Å². The number of nitrogens with one attached hydrogen (secondary N) is 3. The molecule has 1 amide bonds. The zero-order valence-corrected chi connectivity index (χ0v) is 20.2. The van der Waals surface area contributed by atoms with Crippen LogP contribution in [-0.2, 0) is 11.0 Å². The average molecular weight is 527 g/mol. The zero-order valence-electron chi connectivity index (χ0n) is 20.2. The molecule has 37 heavy (non-hydrogen) atoms. The fourth-order valence-electron chi connectivity index (χ4n) is 3.90. The fraction of sp³-hybridized carbons (Fsp3) is 0.478. The molecule has 0 spiro atoms. The lowest BCUT2D eigenvalue weighted by Crippen LogP contribution is -2.59. The molecule has 0 bridgehead atoms. The van der Waals surface area contributed by atoms with Gasteiger partial charge in [0.25, 0.3) is 11.8 Å². The molecular weight excluding hydrogens is 499 g/mol. The van der Waals surface area contributed by atoms with Crippen LogP contribution in [-0.4, -0.2) is 68.1 Å². The van der Waals surface area contributed by atoms with Crippen LogP contribution in [0.5, 0.6) is 0 Å². The molecule has 1 unspecified atom stereocenters. The summed E-state index contributed by atoms with van der Waals surface area (Å²) < 4.78 is 67.4. The quantitative estimate of drug-likeness (QED) is 0.259. The second-order valence-corrected chi connectivity index (χ2v) is 8.67. The summed E-state index contributed by atoms with van der Waals surface area (Å²) in [4.78, 5) is 29.7. The van der Waals surface area contributed by atoms with Gasteiger partial charge in [0.1, 0.15) is 5.71 Å². The van der Waals surface area contributed by atoms with Crippen LogP contribution in [0.3, 0.4) is 0 Å². The van der Waals surface area contributed by atoms with Gasteiger partial charge in [0.15, 0.2) is 5.82 Å². The highest BCUT2D eigenvalue weighted by molar-refractivity contribution is 6.54. The van der Waals surface area contributed by atoms with E-state index in [0.717, 1.165) is 11.3 Å². The topological polar surface area (TPSA) is 120 Å². The standard InChI is InChI=1S/C23H27F5N8O/c1-3-5-30-11-16(19-31-6-4-7-32-19)18(29)20(37)36-13-22(24,25)8-14(2)17(36)12-35-21-33-9-15(10-34-21)23(26,27)28/h4,6-7,9-11,14,17,29-30H,3,5,8,12-13H2,1-2H3,(H,33,34,35)/b16-11+,29-18?/t14-,17?/m1/s1. The lowest BCUT2D eigenvalue weighted by atomic mass is 9.87. The van der Waals surface area contributed by atoms with E-state index in [1.54, 1.807) is 6.07 Å².